The second-order valence-electron chi connectivity index (χ2n) is 8.05. The van der Waals surface area contributed by atoms with Gasteiger partial charge in [0.1, 0.15) is 17.2 Å². The Kier molecular flexibility index (Phi) is 5.20. The van der Waals surface area contributed by atoms with E-state index in [1.807, 2.05) is 53.6 Å². The molecular formula is C25H25N3O3. The molecule has 2 aromatic carbocycles. The molecule has 3 heterocycles. The van der Waals surface area contributed by atoms with Gasteiger partial charge in [-0.05, 0) is 42.7 Å². The molecule has 1 aliphatic heterocycles. The van der Waals surface area contributed by atoms with E-state index >= 15 is 0 Å². The van der Waals surface area contributed by atoms with Gasteiger partial charge < -0.3 is 19.0 Å². The highest BCUT2D eigenvalue weighted by Crippen LogP contribution is 2.29. The Bertz CT molecular complexity index is 1200. The molecule has 1 saturated heterocycles. The van der Waals surface area contributed by atoms with Crippen LogP contribution in [0.15, 0.2) is 65.2 Å². The van der Waals surface area contributed by atoms with E-state index in [0.717, 1.165) is 54.1 Å². The molecule has 2 aromatic heterocycles. The zero-order chi connectivity index (χ0) is 21.2. The third-order valence-electron chi connectivity index (χ3n) is 5.91. The fourth-order valence-corrected chi connectivity index (χ4v) is 4.28. The Morgan fingerprint density at radius 2 is 2.10 bits per heavy atom. The quantitative estimate of drug-likeness (QED) is 0.509. The minimum absolute atomic E-state index is 0.0101. The van der Waals surface area contributed by atoms with Crippen molar-refractivity contribution in [2.45, 2.75) is 25.2 Å². The summed E-state index contributed by atoms with van der Waals surface area (Å²) in [4.78, 5) is 22.8. The van der Waals surface area contributed by atoms with Gasteiger partial charge in [0.05, 0.1) is 19.2 Å². The molecule has 5 rings (SSSR count). The number of nitrogens with one attached hydrogen (secondary N) is 1. The van der Waals surface area contributed by atoms with Crippen molar-refractivity contribution >= 4 is 16.8 Å². The van der Waals surface area contributed by atoms with Crippen LogP contribution < -0.4 is 4.74 Å². The Labute approximate surface area is 180 Å². The molecule has 1 amide bonds. The van der Waals surface area contributed by atoms with Gasteiger partial charge in [-0.25, -0.2) is 4.98 Å². The number of nitrogens with zero attached hydrogens (tertiary/aromatic N) is 2. The van der Waals surface area contributed by atoms with Gasteiger partial charge in [0, 0.05) is 30.4 Å². The molecule has 0 spiro atoms. The lowest BCUT2D eigenvalue weighted by atomic mass is 9.97. The molecule has 6 heteroatoms. The number of hydrogen-bond acceptors (Lipinski definition) is 4. The van der Waals surface area contributed by atoms with E-state index < -0.39 is 0 Å². The van der Waals surface area contributed by atoms with Gasteiger partial charge in [0.25, 0.3) is 5.91 Å². The lowest BCUT2D eigenvalue weighted by molar-refractivity contribution is 0.0693. The molecule has 6 nitrogen and oxygen atoms in total. The Morgan fingerprint density at radius 1 is 1.23 bits per heavy atom. The molecule has 1 atom stereocenters. The fourth-order valence-electron chi connectivity index (χ4n) is 4.28. The third-order valence-corrected chi connectivity index (χ3v) is 5.91. The van der Waals surface area contributed by atoms with Gasteiger partial charge in [-0.3, -0.25) is 4.79 Å². The first-order valence-electron chi connectivity index (χ1n) is 10.6. The lowest BCUT2D eigenvalue weighted by Gasteiger charge is -2.31. The molecule has 31 heavy (non-hydrogen) atoms. The zero-order valence-electron chi connectivity index (χ0n) is 17.5. The number of benzene rings is 2. The number of fused-ring (bicyclic) bond motifs is 1. The second kappa shape index (κ2) is 8.30. The SMILES string of the molecule is COc1ccc2[nH]c(C(=O)N3CCC[C@@H](c4ncc(Cc5ccccc5)o4)C3)cc2c1. The maximum atomic E-state index is 13.2. The number of piperidine rings is 1. The van der Waals surface area contributed by atoms with Crippen molar-refractivity contribution in [3.63, 3.8) is 0 Å². The standard InChI is InChI=1S/C25H25N3O3/c1-30-20-9-10-22-19(13-20)14-23(27-22)25(29)28-11-5-8-18(16-28)24-26-15-21(31-24)12-17-6-3-2-4-7-17/h2-4,6-7,9-10,13-15,18,27H,5,8,11-12,16H2,1H3/t18-/m1/s1. The minimum atomic E-state index is 0.0101. The van der Waals surface area contributed by atoms with E-state index in [-0.39, 0.29) is 11.8 Å². The number of aromatic nitrogens is 2. The molecular weight excluding hydrogens is 390 g/mol. The zero-order valence-corrected chi connectivity index (χ0v) is 17.5. The molecule has 0 aliphatic carbocycles. The van der Waals surface area contributed by atoms with E-state index in [0.29, 0.717) is 12.2 Å². The summed E-state index contributed by atoms with van der Waals surface area (Å²) >= 11 is 0. The number of likely N-dealkylation sites (tertiary alicyclic amines) is 1. The van der Waals surface area contributed by atoms with Gasteiger partial charge in [-0.1, -0.05) is 30.3 Å². The number of rotatable bonds is 5. The van der Waals surface area contributed by atoms with Gasteiger partial charge in [0.2, 0.25) is 0 Å². The van der Waals surface area contributed by atoms with Crippen LogP contribution in [-0.4, -0.2) is 41.0 Å². The van der Waals surface area contributed by atoms with Crippen LogP contribution in [0, 0.1) is 0 Å². The summed E-state index contributed by atoms with van der Waals surface area (Å²) < 4.78 is 11.3. The highest BCUT2D eigenvalue weighted by molar-refractivity contribution is 5.98. The molecule has 158 valence electrons. The number of methoxy groups -OCH3 is 1. The van der Waals surface area contributed by atoms with E-state index in [1.54, 1.807) is 7.11 Å². The summed E-state index contributed by atoms with van der Waals surface area (Å²) in [5, 5.41) is 0.967. The molecule has 1 aliphatic rings. The molecule has 0 saturated carbocycles. The average molecular weight is 415 g/mol. The number of ether oxygens (including phenoxy) is 1. The van der Waals surface area contributed by atoms with Crippen LogP contribution in [0.1, 0.15) is 46.5 Å². The van der Waals surface area contributed by atoms with Gasteiger partial charge in [0.15, 0.2) is 5.89 Å². The smallest absolute Gasteiger partial charge is 0.270 e. The second-order valence-corrected chi connectivity index (χ2v) is 8.05. The van der Waals surface area contributed by atoms with Gasteiger partial charge >= 0.3 is 0 Å². The van der Waals surface area contributed by atoms with Crippen LogP contribution in [0.25, 0.3) is 10.9 Å². The van der Waals surface area contributed by atoms with Crippen LogP contribution in [0.4, 0.5) is 0 Å². The van der Waals surface area contributed by atoms with Gasteiger partial charge in [-0.2, -0.15) is 0 Å². The van der Waals surface area contributed by atoms with Crippen molar-refractivity contribution in [3.05, 3.63) is 83.7 Å². The predicted octanol–water partition coefficient (Wildman–Crippen LogP) is 4.78. The number of carbonyl (C=O) groups excluding carboxylic acids is 1. The van der Waals surface area contributed by atoms with Crippen LogP contribution in [0.2, 0.25) is 0 Å². The highest BCUT2D eigenvalue weighted by Gasteiger charge is 2.29. The topological polar surface area (TPSA) is 71.4 Å². The molecule has 1 fully saturated rings. The first kappa shape index (κ1) is 19.4. The first-order chi connectivity index (χ1) is 15.2. The van der Waals surface area contributed by atoms with Crippen molar-refractivity contribution in [3.8, 4) is 5.75 Å². The van der Waals surface area contributed by atoms with Crippen molar-refractivity contribution < 1.29 is 13.9 Å². The minimum Gasteiger partial charge on any atom is -0.497 e. The number of hydrogen-bond donors (Lipinski definition) is 1. The Balaban J connectivity index is 1.29. The molecule has 0 unspecified atom stereocenters. The summed E-state index contributed by atoms with van der Waals surface area (Å²) in [6, 6.07) is 17.9. The maximum absolute atomic E-state index is 13.2. The van der Waals surface area contributed by atoms with Crippen molar-refractivity contribution in [1.29, 1.82) is 0 Å². The van der Waals surface area contributed by atoms with E-state index in [1.165, 1.54) is 5.56 Å². The van der Waals surface area contributed by atoms with Gasteiger partial charge in [-0.15, -0.1) is 0 Å². The molecule has 4 aromatic rings. The van der Waals surface area contributed by atoms with E-state index in [2.05, 4.69) is 22.1 Å². The summed E-state index contributed by atoms with van der Waals surface area (Å²) in [6.07, 6.45) is 4.44. The number of oxazole rings is 1. The average Bonchev–Trinajstić information content (AvgIpc) is 3.46. The molecule has 1 N–H and O–H groups in total. The lowest BCUT2D eigenvalue weighted by Crippen LogP contribution is -2.39. The number of aromatic amines is 1. The predicted molar refractivity (Wildman–Crippen MR) is 118 cm³/mol. The Morgan fingerprint density at radius 3 is 2.94 bits per heavy atom. The van der Waals surface area contributed by atoms with E-state index in [9.17, 15) is 4.79 Å². The van der Waals surface area contributed by atoms with Crippen molar-refractivity contribution in [2.24, 2.45) is 0 Å². The van der Waals surface area contributed by atoms with Crippen LogP contribution >= 0.6 is 0 Å². The highest BCUT2D eigenvalue weighted by atomic mass is 16.5. The summed E-state index contributed by atoms with van der Waals surface area (Å²) in [5.74, 6) is 2.49. The maximum Gasteiger partial charge on any atom is 0.270 e. The largest absolute Gasteiger partial charge is 0.497 e. The first-order valence-corrected chi connectivity index (χ1v) is 10.6. The number of H-pyrrole nitrogens is 1. The summed E-state index contributed by atoms with van der Waals surface area (Å²) in [5.41, 5.74) is 2.72. The van der Waals surface area contributed by atoms with Crippen molar-refractivity contribution in [2.75, 3.05) is 20.2 Å². The summed E-state index contributed by atoms with van der Waals surface area (Å²) in [7, 11) is 1.64. The monoisotopic (exact) mass is 415 g/mol. The number of carbonyl (C=O) groups is 1. The fraction of sp³-hybridized carbons (Fsp3) is 0.280. The van der Waals surface area contributed by atoms with Crippen LogP contribution in [0.3, 0.4) is 0 Å². The number of amides is 1. The normalized spacial score (nSPS) is 16.5. The van der Waals surface area contributed by atoms with Crippen LogP contribution in [-0.2, 0) is 6.42 Å². The third kappa shape index (κ3) is 4.06. The van der Waals surface area contributed by atoms with E-state index in [4.69, 9.17) is 9.15 Å². The van der Waals surface area contributed by atoms with Crippen LogP contribution in [0.5, 0.6) is 5.75 Å². The molecule has 0 bridgehead atoms. The Hall–Kier alpha value is -3.54. The molecule has 0 radical (unpaired) electrons. The summed E-state index contributed by atoms with van der Waals surface area (Å²) in [6.45, 7) is 1.36. The van der Waals surface area contributed by atoms with Crippen molar-refractivity contribution in [1.82, 2.24) is 14.9 Å².